The Balaban J connectivity index is 1.90. The number of hydrogen-bond donors (Lipinski definition) is 0. The zero-order valence-electron chi connectivity index (χ0n) is 16.7. The van der Waals surface area contributed by atoms with Gasteiger partial charge in [0, 0.05) is 12.7 Å². The molecule has 152 valence electrons. The van der Waals surface area contributed by atoms with Gasteiger partial charge in [0.15, 0.2) is 0 Å². The molecule has 0 N–H and O–H groups in total. The van der Waals surface area contributed by atoms with E-state index in [2.05, 4.69) is 4.98 Å². The van der Waals surface area contributed by atoms with Gasteiger partial charge in [-0.15, -0.1) is 0 Å². The van der Waals surface area contributed by atoms with E-state index in [-0.39, 0.29) is 22.9 Å². The molecule has 1 aliphatic rings. The zero-order chi connectivity index (χ0) is 21.4. The molecule has 2 aromatic heterocycles. The fourth-order valence-corrected chi connectivity index (χ4v) is 4.49. The van der Waals surface area contributed by atoms with Crippen molar-refractivity contribution in [3.63, 3.8) is 0 Å². The van der Waals surface area contributed by atoms with Crippen molar-refractivity contribution < 1.29 is 9.53 Å². The normalized spacial score (nSPS) is 15.4. The van der Waals surface area contributed by atoms with Crippen LogP contribution in [0.3, 0.4) is 0 Å². The van der Waals surface area contributed by atoms with Crippen molar-refractivity contribution in [1.82, 2.24) is 14.3 Å². The molecule has 30 heavy (non-hydrogen) atoms. The number of thiocarbonyl (C=S) groups is 1. The molecule has 0 aliphatic carbocycles. The quantitative estimate of drug-likeness (QED) is 0.447. The van der Waals surface area contributed by atoms with E-state index in [0.29, 0.717) is 27.2 Å². The monoisotopic (exact) mass is 437 g/mol. The minimum atomic E-state index is -0.317. The van der Waals surface area contributed by atoms with Crippen LogP contribution in [0.25, 0.3) is 11.7 Å². The second kappa shape index (κ2) is 8.04. The summed E-state index contributed by atoms with van der Waals surface area (Å²) < 4.78 is 8.00. The molecular weight excluding hydrogens is 418 g/mol. The number of pyridine rings is 1. The second-order valence-electron chi connectivity index (χ2n) is 6.79. The first-order valence-electron chi connectivity index (χ1n) is 9.41. The molecule has 1 fully saturated rings. The molecule has 0 bridgehead atoms. The van der Waals surface area contributed by atoms with Crippen molar-refractivity contribution >= 4 is 45.9 Å². The summed E-state index contributed by atoms with van der Waals surface area (Å²) in [4.78, 5) is 32.4. The summed E-state index contributed by atoms with van der Waals surface area (Å²) in [5.74, 6) is 0.544. The molecule has 0 atom stereocenters. The molecule has 3 heterocycles. The van der Waals surface area contributed by atoms with E-state index in [9.17, 15) is 9.59 Å². The minimum Gasteiger partial charge on any atom is -0.438 e. The fraction of sp³-hybridized carbons (Fsp3) is 0.182. The first-order chi connectivity index (χ1) is 14.4. The van der Waals surface area contributed by atoms with Crippen molar-refractivity contribution in [3.05, 3.63) is 74.5 Å². The third-order valence-electron chi connectivity index (χ3n) is 4.96. The van der Waals surface area contributed by atoms with Gasteiger partial charge in [-0.3, -0.25) is 18.9 Å². The minimum absolute atomic E-state index is 0.154. The molecule has 0 saturated carbocycles. The SMILES string of the molecule is CCN1C(=O)/C(=C\c2c(Oc3cccc(C)c3C)nc3ccccn3c2=O)SC1=S. The number of amides is 1. The summed E-state index contributed by atoms with van der Waals surface area (Å²) in [5, 5.41) is 0. The largest absolute Gasteiger partial charge is 0.438 e. The summed E-state index contributed by atoms with van der Waals surface area (Å²) in [5.41, 5.74) is 2.37. The fourth-order valence-electron chi connectivity index (χ4n) is 3.13. The third kappa shape index (κ3) is 3.53. The molecule has 6 nitrogen and oxygen atoms in total. The average Bonchev–Trinajstić information content (AvgIpc) is 3.00. The number of thioether (sulfide) groups is 1. The highest BCUT2D eigenvalue weighted by molar-refractivity contribution is 8.26. The maximum absolute atomic E-state index is 13.2. The number of hydrogen-bond acceptors (Lipinski definition) is 6. The standard InChI is InChI=1S/C22H19N3O3S2/c1-4-24-21(27)17(30-22(24)29)12-15-19(28-16-9-7-8-13(2)14(16)3)23-18-10-5-6-11-25(18)20(15)26/h5-12H,4H2,1-3H3/b17-12+. The number of likely N-dealkylation sites (N-methyl/N-ethyl adjacent to an activating group) is 1. The van der Waals surface area contributed by atoms with Gasteiger partial charge in [0.25, 0.3) is 11.5 Å². The predicted octanol–water partition coefficient (Wildman–Crippen LogP) is 4.32. The number of ether oxygens (including phenoxy) is 1. The van der Waals surface area contributed by atoms with Crippen LogP contribution in [-0.4, -0.2) is 31.1 Å². The van der Waals surface area contributed by atoms with Crippen LogP contribution in [0.5, 0.6) is 11.6 Å². The molecule has 1 aliphatic heterocycles. The highest BCUT2D eigenvalue weighted by Gasteiger charge is 2.31. The molecule has 1 aromatic carbocycles. The lowest BCUT2D eigenvalue weighted by molar-refractivity contribution is -0.121. The number of carbonyl (C=O) groups excluding carboxylic acids is 1. The summed E-state index contributed by atoms with van der Waals surface area (Å²) >= 11 is 6.46. The van der Waals surface area contributed by atoms with Crippen LogP contribution in [-0.2, 0) is 4.79 Å². The van der Waals surface area contributed by atoms with Gasteiger partial charge in [-0.05, 0) is 56.2 Å². The maximum atomic E-state index is 13.2. The maximum Gasteiger partial charge on any atom is 0.269 e. The Bertz CT molecular complexity index is 1280. The Kier molecular flexibility index (Phi) is 5.44. The smallest absolute Gasteiger partial charge is 0.269 e. The first-order valence-corrected chi connectivity index (χ1v) is 10.6. The van der Waals surface area contributed by atoms with E-state index < -0.39 is 0 Å². The van der Waals surface area contributed by atoms with Gasteiger partial charge in [0.2, 0.25) is 5.88 Å². The number of aryl methyl sites for hydroxylation is 1. The Morgan fingerprint density at radius 1 is 1.17 bits per heavy atom. The van der Waals surface area contributed by atoms with E-state index in [1.165, 1.54) is 27.1 Å². The predicted molar refractivity (Wildman–Crippen MR) is 123 cm³/mol. The van der Waals surface area contributed by atoms with Gasteiger partial charge in [0.05, 0.1) is 4.91 Å². The Hall–Kier alpha value is -2.97. The van der Waals surface area contributed by atoms with Crippen LogP contribution in [0.15, 0.2) is 52.3 Å². The van der Waals surface area contributed by atoms with Gasteiger partial charge >= 0.3 is 0 Å². The van der Waals surface area contributed by atoms with Crippen LogP contribution < -0.4 is 10.3 Å². The van der Waals surface area contributed by atoms with Gasteiger partial charge in [0.1, 0.15) is 21.3 Å². The van der Waals surface area contributed by atoms with Crippen LogP contribution >= 0.6 is 24.0 Å². The van der Waals surface area contributed by atoms with Crippen LogP contribution in [0.1, 0.15) is 23.6 Å². The van der Waals surface area contributed by atoms with Crippen LogP contribution in [0.4, 0.5) is 0 Å². The summed E-state index contributed by atoms with van der Waals surface area (Å²) in [7, 11) is 0. The number of rotatable bonds is 4. The van der Waals surface area contributed by atoms with Gasteiger partial charge in [-0.25, -0.2) is 0 Å². The third-order valence-corrected chi connectivity index (χ3v) is 6.34. The van der Waals surface area contributed by atoms with E-state index in [4.69, 9.17) is 17.0 Å². The van der Waals surface area contributed by atoms with E-state index in [1.54, 1.807) is 24.4 Å². The number of carbonyl (C=O) groups is 1. The molecule has 1 saturated heterocycles. The number of aromatic nitrogens is 2. The molecule has 0 spiro atoms. The van der Waals surface area contributed by atoms with Gasteiger partial charge < -0.3 is 4.74 Å². The van der Waals surface area contributed by atoms with Gasteiger partial charge in [-0.2, -0.15) is 4.98 Å². The van der Waals surface area contributed by atoms with Crippen LogP contribution in [0.2, 0.25) is 0 Å². The highest BCUT2D eigenvalue weighted by Crippen LogP contribution is 2.34. The number of fused-ring (bicyclic) bond motifs is 1. The average molecular weight is 438 g/mol. The molecule has 8 heteroatoms. The topological polar surface area (TPSA) is 63.9 Å². The lowest BCUT2D eigenvalue weighted by Crippen LogP contribution is -2.27. The highest BCUT2D eigenvalue weighted by atomic mass is 32.2. The summed E-state index contributed by atoms with van der Waals surface area (Å²) in [6.45, 7) is 6.27. The lowest BCUT2D eigenvalue weighted by atomic mass is 10.1. The molecular formula is C22H19N3O3S2. The second-order valence-corrected chi connectivity index (χ2v) is 8.47. The molecule has 0 radical (unpaired) electrons. The van der Waals surface area contributed by atoms with E-state index >= 15 is 0 Å². The Labute approximate surface area is 183 Å². The van der Waals surface area contributed by atoms with Gasteiger partial charge in [-0.1, -0.05) is 42.2 Å². The van der Waals surface area contributed by atoms with Crippen molar-refractivity contribution in [3.8, 4) is 11.6 Å². The molecule has 4 rings (SSSR count). The summed E-state index contributed by atoms with van der Waals surface area (Å²) in [6, 6.07) is 11.0. The van der Waals surface area contributed by atoms with Crippen LogP contribution in [0, 0.1) is 13.8 Å². The molecule has 0 unspecified atom stereocenters. The van der Waals surface area contributed by atoms with E-state index in [1.807, 2.05) is 39.0 Å². The first kappa shape index (κ1) is 20.3. The lowest BCUT2D eigenvalue weighted by Gasteiger charge is -2.13. The number of benzene rings is 1. The molecule has 3 aromatic rings. The van der Waals surface area contributed by atoms with Crippen molar-refractivity contribution in [2.45, 2.75) is 20.8 Å². The Morgan fingerprint density at radius 3 is 2.70 bits per heavy atom. The molecule has 1 amide bonds. The van der Waals surface area contributed by atoms with Crippen molar-refractivity contribution in [2.75, 3.05) is 6.54 Å². The zero-order valence-corrected chi connectivity index (χ0v) is 18.3. The van der Waals surface area contributed by atoms with Crippen molar-refractivity contribution in [2.24, 2.45) is 0 Å². The van der Waals surface area contributed by atoms with Crippen molar-refractivity contribution in [1.29, 1.82) is 0 Å². The Morgan fingerprint density at radius 2 is 1.97 bits per heavy atom. The van der Waals surface area contributed by atoms with E-state index in [0.717, 1.165) is 11.1 Å². The summed E-state index contributed by atoms with van der Waals surface area (Å²) in [6.07, 6.45) is 3.17. The number of nitrogens with zero attached hydrogens (tertiary/aromatic N) is 3.